The molecule has 0 N–H and O–H groups in total. The van der Waals surface area contributed by atoms with Gasteiger partial charge in [0.05, 0.1) is 45.0 Å². The summed E-state index contributed by atoms with van der Waals surface area (Å²) >= 11 is 0. The van der Waals surface area contributed by atoms with Crippen LogP contribution in [-0.2, 0) is 36.9 Å². The third kappa shape index (κ3) is 12.3. The van der Waals surface area contributed by atoms with Crippen LogP contribution in [0.3, 0.4) is 0 Å². The predicted molar refractivity (Wildman–Crippen MR) is 360 cm³/mol. The second kappa shape index (κ2) is 25.5. The highest BCUT2D eigenvalue weighted by molar-refractivity contribution is 6.36. The number of alkyl halides is 9. The van der Waals surface area contributed by atoms with Gasteiger partial charge in [-0.25, -0.2) is 19.6 Å². The molecule has 14 rings (SSSR count). The first-order valence-electron chi connectivity index (χ1n) is 31.4. The number of carbonyl (C=O) groups excluding carboxylic acids is 8. The van der Waals surface area contributed by atoms with Gasteiger partial charge in [0, 0.05) is 24.3 Å². The molecule has 4 aliphatic rings. The molecule has 16 nitrogen and oxygen atoms in total. The van der Waals surface area contributed by atoms with E-state index in [1.165, 1.54) is 54.6 Å². The van der Waals surface area contributed by atoms with Crippen molar-refractivity contribution in [3.8, 4) is 68.2 Å². The number of rotatable bonds is 16. The van der Waals surface area contributed by atoms with E-state index in [1.807, 2.05) is 0 Å². The summed E-state index contributed by atoms with van der Waals surface area (Å²) in [6, 6.07) is 45.9. The first-order valence-corrected chi connectivity index (χ1v) is 31.4. The van der Waals surface area contributed by atoms with Crippen molar-refractivity contribution >= 4 is 70.0 Å². The van der Waals surface area contributed by atoms with E-state index in [1.54, 1.807) is 105 Å². The Kier molecular flexibility index (Phi) is 16.6. The zero-order chi connectivity index (χ0) is 73.6. The number of fused-ring (bicyclic) bond motifs is 2. The lowest BCUT2D eigenvalue weighted by Gasteiger charge is -2.33. The number of anilines is 4. The van der Waals surface area contributed by atoms with Crippen LogP contribution in [0, 0.1) is 13.8 Å². The van der Waals surface area contributed by atoms with Gasteiger partial charge in [0.1, 0.15) is 62.5 Å². The molecule has 10 aromatic rings. The van der Waals surface area contributed by atoms with Gasteiger partial charge in [0.2, 0.25) is 0 Å². The SMILES string of the molecule is Cc1cc(N2C(=O)C=CC2=O)ccc1Oc1ccc(-c2ccc(Oc3ccc(N4C(=O)c5ccc(C(C)(c6ccc7c(c6)C(=O)N(c6ccc(Oc8ccc(-c9ccc(Oc%10ccc(N%11C(=O)C=CC%11=O)cc%10C(F)(F)F)cc9)cc8)c(C)c6)C7=O)C(F)(F)F)cc5C4=O)cc3C(F)(F)F)cc2)cc1. The third-order valence-electron chi connectivity index (χ3n) is 18.0. The normalized spacial score (nSPS) is 15.0. The number of amides is 8. The van der Waals surface area contributed by atoms with Crippen LogP contribution in [0.1, 0.15) is 81.7 Å². The van der Waals surface area contributed by atoms with E-state index in [9.17, 15) is 64.7 Å². The van der Waals surface area contributed by atoms with E-state index >= 15 is 13.2 Å². The van der Waals surface area contributed by atoms with Gasteiger partial charge in [0.25, 0.3) is 47.3 Å². The fourth-order valence-electron chi connectivity index (χ4n) is 12.5. The van der Waals surface area contributed by atoms with Crippen LogP contribution in [0.4, 0.5) is 62.3 Å². The Balaban J connectivity index is 0.630. The molecule has 0 aromatic heterocycles. The summed E-state index contributed by atoms with van der Waals surface area (Å²) in [6.07, 6.45) is -11.0. The topological polar surface area (TPSA) is 186 Å². The zero-order valence-electron chi connectivity index (χ0n) is 54.0. The standard InChI is InChI=1S/C79H47F9N4O12/c1-42-36-50(89-68(93)32-33-69(89)94)14-28-64(42)101-54-18-4-44(5-19-54)47-10-24-57(25-11-47)104-67-31-17-53(41-63(67)78(83,84)85)92-73(98)59-27-13-49(39-61(59)75(92)100)76(3,79(86,87)88)48-12-26-58-60(38-48)74(99)91(72(58)97)51-15-29-65(43(2)37-51)102-55-20-6-45(7-21-55)46-8-22-56(23-9-46)103-66-30-16-52(40-62(66)77(80,81)82)90-70(95)34-35-71(90)96/h4-41H,1-3H3. The summed E-state index contributed by atoms with van der Waals surface area (Å²) in [6.45, 7) is 4.16. The van der Waals surface area contributed by atoms with Gasteiger partial charge in [-0.3, -0.25) is 38.4 Å². The van der Waals surface area contributed by atoms with Gasteiger partial charge < -0.3 is 18.9 Å². The molecule has 0 saturated heterocycles. The van der Waals surface area contributed by atoms with Crippen molar-refractivity contribution < 1.29 is 96.8 Å². The molecule has 1 unspecified atom stereocenters. The van der Waals surface area contributed by atoms with Crippen LogP contribution in [0.2, 0.25) is 0 Å². The molecule has 0 radical (unpaired) electrons. The Morgan fingerprint density at radius 3 is 0.856 bits per heavy atom. The van der Waals surface area contributed by atoms with Gasteiger partial charge in [0.15, 0.2) is 0 Å². The summed E-state index contributed by atoms with van der Waals surface area (Å²) in [5.41, 5.74) is -5.02. The molecule has 4 heterocycles. The average molecular weight is 1420 g/mol. The summed E-state index contributed by atoms with van der Waals surface area (Å²) in [7, 11) is 0. The summed E-state index contributed by atoms with van der Waals surface area (Å²) in [4.78, 5) is 108. The van der Waals surface area contributed by atoms with E-state index in [-0.39, 0.29) is 34.0 Å². The molecule has 10 aromatic carbocycles. The highest BCUT2D eigenvalue weighted by Crippen LogP contribution is 2.50. The van der Waals surface area contributed by atoms with Gasteiger partial charge in [-0.1, -0.05) is 60.7 Å². The summed E-state index contributed by atoms with van der Waals surface area (Å²) in [5, 5.41) is 0. The quantitative estimate of drug-likeness (QED) is 0.0659. The van der Waals surface area contributed by atoms with Gasteiger partial charge >= 0.3 is 18.5 Å². The average Bonchev–Trinajstić information content (AvgIpc) is 1.42. The van der Waals surface area contributed by atoms with E-state index in [0.717, 1.165) is 89.5 Å². The van der Waals surface area contributed by atoms with Crippen LogP contribution in [0.25, 0.3) is 22.3 Å². The smallest absolute Gasteiger partial charge is 0.420 e. The zero-order valence-corrected chi connectivity index (χ0v) is 54.0. The number of ether oxygens (including phenoxy) is 4. The van der Waals surface area contributed by atoms with Crippen molar-refractivity contribution in [2.24, 2.45) is 0 Å². The van der Waals surface area contributed by atoms with E-state index in [0.29, 0.717) is 84.0 Å². The Morgan fingerprint density at radius 2 is 0.558 bits per heavy atom. The highest BCUT2D eigenvalue weighted by Gasteiger charge is 2.55. The number of aryl methyl sites for hydroxylation is 2. The highest BCUT2D eigenvalue weighted by atomic mass is 19.4. The molecule has 1 atom stereocenters. The van der Waals surface area contributed by atoms with Crippen molar-refractivity contribution in [2.75, 3.05) is 19.6 Å². The third-order valence-corrected chi connectivity index (χ3v) is 18.0. The van der Waals surface area contributed by atoms with Crippen molar-refractivity contribution in [2.45, 2.75) is 44.7 Å². The molecule has 25 heteroatoms. The molecule has 518 valence electrons. The monoisotopic (exact) mass is 1410 g/mol. The summed E-state index contributed by atoms with van der Waals surface area (Å²) in [5.74, 6) is -6.35. The number of halogens is 9. The maximum absolute atomic E-state index is 15.8. The number of nitrogens with zero attached hydrogens (tertiary/aromatic N) is 4. The number of hydrogen-bond acceptors (Lipinski definition) is 12. The second-order valence-corrected chi connectivity index (χ2v) is 24.5. The van der Waals surface area contributed by atoms with Crippen molar-refractivity contribution in [1.82, 2.24) is 0 Å². The fraction of sp³-hybridized carbons (Fsp3) is 0.0886. The largest absolute Gasteiger partial charge is 0.457 e. The second-order valence-electron chi connectivity index (χ2n) is 24.5. The lowest BCUT2D eigenvalue weighted by Crippen LogP contribution is -2.41. The Hall–Kier alpha value is -13.2. The van der Waals surface area contributed by atoms with E-state index in [4.69, 9.17) is 18.9 Å². The molecule has 104 heavy (non-hydrogen) atoms. The Morgan fingerprint density at radius 1 is 0.288 bits per heavy atom. The maximum Gasteiger partial charge on any atom is 0.420 e. The number of carbonyl (C=O) groups is 8. The number of benzene rings is 10. The molecule has 0 bridgehead atoms. The Labute approximate surface area is 583 Å². The van der Waals surface area contributed by atoms with Crippen LogP contribution >= 0.6 is 0 Å². The predicted octanol–water partition coefficient (Wildman–Crippen LogP) is 18.2. The van der Waals surface area contributed by atoms with E-state index < -0.39 is 122 Å². The maximum atomic E-state index is 15.8. The molecule has 8 amide bonds. The van der Waals surface area contributed by atoms with Gasteiger partial charge in [-0.15, -0.1) is 0 Å². The molecular formula is C79H47F9N4O12. The molecule has 0 aliphatic carbocycles. The van der Waals surface area contributed by atoms with Gasteiger partial charge in [-0.05, 0) is 211 Å². The van der Waals surface area contributed by atoms with Crippen molar-refractivity contribution in [3.63, 3.8) is 0 Å². The lowest BCUT2D eigenvalue weighted by molar-refractivity contribution is -0.173. The molecular weight excluding hydrogens is 1370 g/mol. The number of imide groups is 4. The summed E-state index contributed by atoms with van der Waals surface area (Å²) < 4.78 is 158. The molecule has 0 fully saturated rings. The molecule has 0 spiro atoms. The van der Waals surface area contributed by atoms with Crippen LogP contribution in [-0.4, -0.2) is 53.4 Å². The van der Waals surface area contributed by atoms with Crippen molar-refractivity contribution in [3.05, 3.63) is 286 Å². The first kappa shape index (κ1) is 68.0. The van der Waals surface area contributed by atoms with Crippen LogP contribution in [0.5, 0.6) is 46.0 Å². The van der Waals surface area contributed by atoms with Gasteiger partial charge in [-0.2, -0.15) is 39.5 Å². The van der Waals surface area contributed by atoms with Crippen molar-refractivity contribution in [1.29, 1.82) is 0 Å². The minimum Gasteiger partial charge on any atom is -0.457 e. The molecule has 0 saturated carbocycles. The van der Waals surface area contributed by atoms with Crippen LogP contribution < -0.4 is 38.5 Å². The fourth-order valence-corrected chi connectivity index (χ4v) is 12.5. The Bertz CT molecular complexity index is 5360. The number of hydrogen-bond donors (Lipinski definition) is 0. The lowest BCUT2D eigenvalue weighted by atomic mass is 9.74. The van der Waals surface area contributed by atoms with Crippen LogP contribution in [0.15, 0.2) is 231 Å². The van der Waals surface area contributed by atoms with E-state index in [2.05, 4.69) is 0 Å². The minimum absolute atomic E-state index is 0.0210. The minimum atomic E-state index is -5.19. The molecule has 4 aliphatic heterocycles. The first-order chi connectivity index (χ1) is 49.4.